The van der Waals surface area contributed by atoms with Crippen molar-refractivity contribution in [1.29, 1.82) is 0 Å². The maximum Gasteiger partial charge on any atom is 0.408 e. The van der Waals surface area contributed by atoms with Gasteiger partial charge in [-0.05, 0) is 19.1 Å². The van der Waals surface area contributed by atoms with Crippen LogP contribution in [0, 0.1) is 0 Å². The van der Waals surface area contributed by atoms with Crippen LogP contribution in [0.5, 0.6) is 0 Å². The summed E-state index contributed by atoms with van der Waals surface area (Å²) in [5.74, 6) is 0. The summed E-state index contributed by atoms with van der Waals surface area (Å²) in [6.45, 7) is 5.95. The number of aliphatic hydroxyl groups is 1. The van der Waals surface area contributed by atoms with Crippen molar-refractivity contribution in [3.63, 3.8) is 0 Å². The number of fused-ring (bicyclic) bond motifs is 1. The van der Waals surface area contributed by atoms with Crippen LogP contribution in [0.4, 0.5) is 18.9 Å². The summed E-state index contributed by atoms with van der Waals surface area (Å²) in [6.07, 6.45) is 1.17. The highest BCUT2D eigenvalue weighted by molar-refractivity contribution is 7.15. The minimum Gasteiger partial charge on any atom is -0.388 e. The molecular formula is C24H26F3N7O2S. The van der Waals surface area contributed by atoms with Gasteiger partial charge in [0, 0.05) is 37.9 Å². The normalized spacial score (nSPS) is 18.5. The van der Waals surface area contributed by atoms with Gasteiger partial charge in [-0.25, -0.2) is 9.50 Å². The van der Waals surface area contributed by atoms with E-state index >= 15 is 0 Å². The number of aliphatic hydroxyl groups excluding tert-OH is 1. The van der Waals surface area contributed by atoms with E-state index in [1.165, 1.54) is 23.7 Å². The molecule has 0 spiro atoms. The monoisotopic (exact) mass is 533 g/mol. The molecule has 37 heavy (non-hydrogen) atoms. The van der Waals surface area contributed by atoms with E-state index in [4.69, 9.17) is 9.72 Å². The molecule has 1 atom stereocenters. The van der Waals surface area contributed by atoms with Crippen molar-refractivity contribution in [2.24, 2.45) is 0 Å². The number of alkyl halides is 3. The number of piperazine rings is 1. The number of rotatable bonds is 6. The van der Waals surface area contributed by atoms with E-state index in [0.29, 0.717) is 27.2 Å². The standard InChI is InChI=1S/C24H26F3N7O2S/c1-15(35)22-21(16-8-28-33(10-16)14-24(25,26)27)30-23(37-22)19-9-29-34-11-17(2-3-20(19)34)31-4-6-32(7-5-31)18-12-36-13-18/h2-3,8-11,15,18,35H,4-7,12-14H2,1H3. The van der Waals surface area contributed by atoms with Crippen molar-refractivity contribution in [2.75, 3.05) is 44.3 Å². The lowest BCUT2D eigenvalue weighted by atomic mass is 10.1. The van der Waals surface area contributed by atoms with Gasteiger partial charge in [-0.15, -0.1) is 11.3 Å². The highest BCUT2D eigenvalue weighted by atomic mass is 32.1. The number of halogens is 3. The number of nitrogens with zero attached hydrogens (tertiary/aromatic N) is 7. The lowest BCUT2D eigenvalue weighted by Gasteiger charge is -2.43. The van der Waals surface area contributed by atoms with Crippen molar-refractivity contribution in [1.82, 2.24) is 29.3 Å². The summed E-state index contributed by atoms with van der Waals surface area (Å²) in [4.78, 5) is 10.1. The Bertz CT molecular complexity index is 1400. The zero-order chi connectivity index (χ0) is 25.7. The molecule has 1 N–H and O–H groups in total. The molecule has 0 radical (unpaired) electrons. The van der Waals surface area contributed by atoms with E-state index in [0.717, 1.165) is 60.8 Å². The van der Waals surface area contributed by atoms with Crippen LogP contribution in [-0.4, -0.2) is 86.0 Å². The summed E-state index contributed by atoms with van der Waals surface area (Å²) < 4.78 is 46.3. The van der Waals surface area contributed by atoms with Crippen LogP contribution in [0.25, 0.3) is 27.3 Å². The van der Waals surface area contributed by atoms with Crippen LogP contribution >= 0.6 is 11.3 Å². The Kier molecular flexibility index (Phi) is 6.18. The van der Waals surface area contributed by atoms with Crippen LogP contribution in [0.15, 0.2) is 36.9 Å². The molecule has 6 heterocycles. The van der Waals surface area contributed by atoms with Crippen LogP contribution in [0.1, 0.15) is 17.9 Å². The first-order valence-corrected chi connectivity index (χ1v) is 12.9. The molecule has 9 nitrogen and oxygen atoms in total. The van der Waals surface area contributed by atoms with E-state index in [1.54, 1.807) is 13.1 Å². The van der Waals surface area contributed by atoms with Crippen LogP contribution in [-0.2, 0) is 11.3 Å². The maximum atomic E-state index is 12.8. The molecule has 4 aromatic heterocycles. The van der Waals surface area contributed by atoms with E-state index < -0.39 is 18.8 Å². The van der Waals surface area contributed by atoms with Gasteiger partial charge in [-0.3, -0.25) is 9.58 Å². The molecule has 2 aliphatic rings. The lowest BCUT2D eigenvalue weighted by molar-refractivity contribution is -0.142. The fraction of sp³-hybridized carbons (Fsp3) is 0.458. The van der Waals surface area contributed by atoms with Crippen molar-refractivity contribution in [2.45, 2.75) is 31.8 Å². The zero-order valence-electron chi connectivity index (χ0n) is 20.1. The molecule has 2 saturated heterocycles. The Morgan fingerprint density at radius 2 is 1.89 bits per heavy atom. The lowest BCUT2D eigenvalue weighted by Crippen LogP contribution is -2.56. The smallest absolute Gasteiger partial charge is 0.388 e. The minimum atomic E-state index is -4.38. The van der Waals surface area contributed by atoms with Gasteiger partial charge in [0.25, 0.3) is 0 Å². The third-order valence-electron chi connectivity index (χ3n) is 6.83. The molecule has 0 bridgehead atoms. The highest BCUT2D eigenvalue weighted by Gasteiger charge is 2.30. The largest absolute Gasteiger partial charge is 0.408 e. The molecular weight excluding hydrogens is 507 g/mol. The molecule has 1 unspecified atom stereocenters. The van der Waals surface area contributed by atoms with E-state index in [1.807, 2.05) is 16.8 Å². The number of anilines is 1. The van der Waals surface area contributed by atoms with Gasteiger partial charge < -0.3 is 14.7 Å². The predicted octanol–water partition coefficient (Wildman–Crippen LogP) is 3.46. The van der Waals surface area contributed by atoms with Gasteiger partial charge in [0.2, 0.25) is 0 Å². The van der Waals surface area contributed by atoms with Gasteiger partial charge >= 0.3 is 6.18 Å². The quantitative estimate of drug-likeness (QED) is 0.407. The molecule has 6 rings (SSSR count). The number of hydrogen-bond acceptors (Lipinski definition) is 8. The van der Waals surface area contributed by atoms with Gasteiger partial charge in [0.05, 0.1) is 71.3 Å². The first-order chi connectivity index (χ1) is 17.7. The maximum absolute atomic E-state index is 12.8. The van der Waals surface area contributed by atoms with Crippen LogP contribution in [0.3, 0.4) is 0 Å². The molecule has 2 aliphatic heterocycles. The molecule has 0 amide bonds. The molecule has 4 aromatic rings. The van der Waals surface area contributed by atoms with Crippen molar-refractivity contribution in [3.8, 4) is 21.8 Å². The van der Waals surface area contributed by atoms with Crippen molar-refractivity contribution < 1.29 is 23.0 Å². The summed E-state index contributed by atoms with van der Waals surface area (Å²) >= 11 is 1.30. The second-order valence-corrected chi connectivity index (χ2v) is 10.5. The number of pyridine rings is 1. The zero-order valence-corrected chi connectivity index (χ0v) is 20.9. The molecule has 13 heteroatoms. The fourth-order valence-electron chi connectivity index (χ4n) is 4.80. The molecule has 196 valence electrons. The van der Waals surface area contributed by atoms with E-state index in [9.17, 15) is 18.3 Å². The SMILES string of the molecule is CC(O)c1sc(-c2cnn3cc(N4CCN(C5COC5)CC4)ccc23)nc1-c1cnn(CC(F)(F)F)c1. The Morgan fingerprint density at radius 1 is 1.11 bits per heavy atom. The summed E-state index contributed by atoms with van der Waals surface area (Å²) in [5.41, 5.74) is 3.60. The number of aromatic nitrogens is 5. The number of ether oxygens (including phenoxy) is 1. The average Bonchev–Trinajstić information content (AvgIpc) is 3.54. The molecule has 0 saturated carbocycles. The van der Waals surface area contributed by atoms with Gasteiger partial charge in [0.1, 0.15) is 11.6 Å². The molecule has 2 fully saturated rings. The molecule has 0 aliphatic carbocycles. The number of hydrogen-bond donors (Lipinski definition) is 1. The Morgan fingerprint density at radius 3 is 2.57 bits per heavy atom. The van der Waals surface area contributed by atoms with E-state index in [2.05, 4.69) is 26.1 Å². The van der Waals surface area contributed by atoms with Crippen molar-refractivity contribution in [3.05, 3.63) is 41.8 Å². The minimum absolute atomic E-state index is 0.425. The highest BCUT2D eigenvalue weighted by Crippen LogP contribution is 2.39. The Hall–Kier alpha value is -3.00. The fourth-order valence-corrected chi connectivity index (χ4v) is 5.84. The topological polar surface area (TPSA) is 84.0 Å². The third kappa shape index (κ3) is 4.83. The van der Waals surface area contributed by atoms with Crippen LogP contribution < -0.4 is 4.90 Å². The van der Waals surface area contributed by atoms with Gasteiger partial charge in [-0.2, -0.15) is 23.4 Å². The molecule has 0 aromatic carbocycles. The number of thiazole rings is 1. The average molecular weight is 534 g/mol. The third-order valence-corrected chi connectivity index (χ3v) is 8.09. The van der Waals surface area contributed by atoms with Gasteiger partial charge in [0.15, 0.2) is 0 Å². The van der Waals surface area contributed by atoms with E-state index in [-0.39, 0.29) is 0 Å². The second-order valence-electron chi connectivity index (χ2n) is 9.44. The van der Waals surface area contributed by atoms with Crippen LogP contribution in [0.2, 0.25) is 0 Å². The first-order valence-electron chi connectivity index (χ1n) is 12.1. The predicted molar refractivity (Wildman–Crippen MR) is 133 cm³/mol. The van der Waals surface area contributed by atoms with Gasteiger partial charge in [-0.1, -0.05) is 0 Å². The summed E-state index contributed by atoms with van der Waals surface area (Å²) in [7, 11) is 0. The van der Waals surface area contributed by atoms with Crippen molar-refractivity contribution >= 4 is 22.5 Å². The Labute approximate surface area is 214 Å². The first kappa shape index (κ1) is 24.3. The second kappa shape index (κ2) is 9.39. The Balaban J connectivity index is 1.26. The summed E-state index contributed by atoms with van der Waals surface area (Å²) in [6, 6.07) is 4.63. The summed E-state index contributed by atoms with van der Waals surface area (Å²) in [5, 5.41) is 19.4.